The van der Waals surface area contributed by atoms with Crippen molar-refractivity contribution in [3.05, 3.63) is 52.4 Å². The first-order valence-corrected chi connectivity index (χ1v) is 7.10. The third kappa shape index (κ3) is 3.61. The number of hydrogen-bond acceptors (Lipinski definition) is 5. The summed E-state index contributed by atoms with van der Waals surface area (Å²) in [4.78, 5) is 24.2. The molecule has 0 N–H and O–H groups in total. The zero-order chi connectivity index (χ0) is 16.3. The topological polar surface area (TPSA) is 69.4 Å². The molecule has 2 rings (SSSR count). The van der Waals surface area contributed by atoms with E-state index in [1.54, 1.807) is 32.9 Å². The maximum absolute atomic E-state index is 12.2. The van der Waals surface area contributed by atoms with Crippen LogP contribution in [-0.4, -0.2) is 23.0 Å². The van der Waals surface area contributed by atoms with E-state index in [1.807, 2.05) is 19.1 Å². The number of Topliss-reactive ketones (excluding diaryl/α,β-unsaturated/α-hetero) is 1. The summed E-state index contributed by atoms with van der Waals surface area (Å²) in [5.41, 5.74) is 2.97. The predicted octanol–water partition coefficient (Wildman–Crippen LogP) is 2.96. The van der Waals surface area contributed by atoms with Gasteiger partial charge in [-0.3, -0.25) is 9.59 Å². The summed E-state index contributed by atoms with van der Waals surface area (Å²) < 4.78 is 10.2. The number of hydrogen-bond donors (Lipinski definition) is 0. The van der Waals surface area contributed by atoms with Gasteiger partial charge in [-0.1, -0.05) is 35.0 Å². The largest absolute Gasteiger partial charge is 0.454 e. The number of rotatable bonds is 5. The second kappa shape index (κ2) is 6.56. The number of carbonyl (C=O) groups excluding carboxylic acids is 2. The summed E-state index contributed by atoms with van der Waals surface area (Å²) in [5, 5.41) is 3.79. The fourth-order valence-corrected chi connectivity index (χ4v) is 2.14. The fraction of sp³-hybridized carbons (Fsp3) is 0.353. The Kier molecular flexibility index (Phi) is 4.75. The van der Waals surface area contributed by atoms with Gasteiger partial charge in [-0.15, -0.1) is 0 Å². The van der Waals surface area contributed by atoms with Gasteiger partial charge in [-0.25, -0.2) is 0 Å². The van der Waals surface area contributed by atoms with Gasteiger partial charge in [-0.2, -0.15) is 0 Å². The number of carbonyl (C=O) groups is 2. The van der Waals surface area contributed by atoms with E-state index >= 15 is 0 Å². The highest BCUT2D eigenvalue weighted by atomic mass is 16.5. The van der Waals surface area contributed by atoms with Crippen molar-refractivity contribution in [2.75, 3.05) is 0 Å². The summed E-state index contributed by atoms with van der Waals surface area (Å²) in [6, 6.07) is 7.17. The van der Waals surface area contributed by atoms with Gasteiger partial charge in [0.25, 0.3) is 0 Å². The highest BCUT2D eigenvalue weighted by Crippen LogP contribution is 2.15. The van der Waals surface area contributed by atoms with Crippen LogP contribution in [-0.2, 0) is 16.0 Å². The number of aromatic nitrogens is 1. The van der Waals surface area contributed by atoms with Crippen LogP contribution >= 0.6 is 0 Å². The zero-order valence-electron chi connectivity index (χ0n) is 13.2. The average molecular weight is 301 g/mol. The molecule has 1 aromatic heterocycles. The Labute approximate surface area is 129 Å². The van der Waals surface area contributed by atoms with Crippen molar-refractivity contribution in [1.82, 2.24) is 5.16 Å². The van der Waals surface area contributed by atoms with Gasteiger partial charge < -0.3 is 9.26 Å². The number of ether oxygens (including phenoxy) is 1. The normalized spacial score (nSPS) is 12.0. The molecule has 0 saturated heterocycles. The van der Waals surface area contributed by atoms with Crippen molar-refractivity contribution in [2.24, 2.45) is 0 Å². The van der Waals surface area contributed by atoms with E-state index in [-0.39, 0.29) is 12.2 Å². The quantitative estimate of drug-likeness (QED) is 0.627. The van der Waals surface area contributed by atoms with Gasteiger partial charge in [0.15, 0.2) is 6.10 Å². The molecule has 0 saturated carbocycles. The Morgan fingerprint density at radius 3 is 2.36 bits per heavy atom. The summed E-state index contributed by atoms with van der Waals surface area (Å²) in [5.74, 6) is -0.0959. The highest BCUT2D eigenvalue weighted by molar-refractivity contribution is 6.00. The first-order chi connectivity index (χ1) is 10.4. The molecule has 22 heavy (non-hydrogen) atoms. The average Bonchev–Trinajstić information content (AvgIpc) is 2.79. The third-order valence-electron chi connectivity index (χ3n) is 3.52. The van der Waals surface area contributed by atoms with E-state index in [2.05, 4.69) is 5.16 Å². The van der Waals surface area contributed by atoms with Crippen LogP contribution in [0.15, 0.2) is 28.8 Å². The van der Waals surface area contributed by atoms with Crippen LogP contribution in [0.25, 0.3) is 0 Å². The van der Waals surface area contributed by atoms with Crippen LogP contribution < -0.4 is 0 Å². The number of esters is 1. The molecule has 0 bridgehead atoms. The van der Waals surface area contributed by atoms with Gasteiger partial charge in [0, 0.05) is 11.1 Å². The maximum Gasteiger partial charge on any atom is 0.311 e. The summed E-state index contributed by atoms with van der Waals surface area (Å²) in [6.07, 6.45) is -0.775. The molecular formula is C17H19NO4. The monoisotopic (exact) mass is 301 g/mol. The van der Waals surface area contributed by atoms with Crippen molar-refractivity contribution in [3.8, 4) is 0 Å². The lowest BCUT2D eigenvalue weighted by atomic mass is 10.1. The van der Waals surface area contributed by atoms with Crippen LogP contribution in [0, 0.1) is 20.8 Å². The molecule has 0 aliphatic rings. The van der Waals surface area contributed by atoms with Crippen molar-refractivity contribution >= 4 is 11.8 Å². The van der Waals surface area contributed by atoms with Crippen LogP contribution in [0.2, 0.25) is 0 Å². The molecule has 1 heterocycles. The van der Waals surface area contributed by atoms with E-state index in [1.165, 1.54) is 0 Å². The smallest absolute Gasteiger partial charge is 0.311 e. The Bertz CT molecular complexity index is 666. The second-order valence-electron chi connectivity index (χ2n) is 5.34. The minimum atomic E-state index is -0.823. The molecular weight excluding hydrogens is 282 g/mol. The first kappa shape index (κ1) is 15.9. The molecule has 1 unspecified atom stereocenters. The van der Waals surface area contributed by atoms with Crippen LogP contribution in [0.3, 0.4) is 0 Å². The van der Waals surface area contributed by atoms with E-state index < -0.39 is 12.1 Å². The molecule has 0 spiro atoms. The Balaban J connectivity index is 1.99. The van der Waals surface area contributed by atoms with Crippen LogP contribution in [0.1, 0.15) is 39.9 Å². The van der Waals surface area contributed by atoms with Crippen molar-refractivity contribution in [3.63, 3.8) is 0 Å². The maximum atomic E-state index is 12.2. The Morgan fingerprint density at radius 2 is 1.82 bits per heavy atom. The van der Waals surface area contributed by atoms with Gasteiger partial charge in [0.1, 0.15) is 5.76 Å². The SMILES string of the molecule is Cc1ccc(C(=O)C(C)OC(=O)Cc2c(C)noc2C)cc1. The van der Waals surface area contributed by atoms with Crippen molar-refractivity contribution < 1.29 is 18.8 Å². The molecule has 5 nitrogen and oxygen atoms in total. The fourth-order valence-electron chi connectivity index (χ4n) is 2.14. The molecule has 0 fully saturated rings. The zero-order valence-corrected chi connectivity index (χ0v) is 13.2. The molecule has 5 heteroatoms. The summed E-state index contributed by atoms with van der Waals surface area (Å²) in [6.45, 7) is 7.03. The predicted molar refractivity (Wildman–Crippen MR) is 80.7 cm³/mol. The highest BCUT2D eigenvalue weighted by Gasteiger charge is 2.21. The van der Waals surface area contributed by atoms with Gasteiger partial charge >= 0.3 is 5.97 Å². The molecule has 0 amide bonds. The van der Waals surface area contributed by atoms with E-state index in [4.69, 9.17) is 9.26 Å². The van der Waals surface area contributed by atoms with E-state index in [0.717, 1.165) is 5.56 Å². The number of aryl methyl sites for hydroxylation is 3. The third-order valence-corrected chi connectivity index (χ3v) is 3.52. The second-order valence-corrected chi connectivity index (χ2v) is 5.34. The lowest BCUT2D eigenvalue weighted by Crippen LogP contribution is -2.25. The lowest BCUT2D eigenvalue weighted by Gasteiger charge is -2.12. The molecule has 2 aromatic rings. The molecule has 1 atom stereocenters. The van der Waals surface area contributed by atoms with Crippen molar-refractivity contribution in [1.29, 1.82) is 0 Å². The number of benzene rings is 1. The van der Waals surface area contributed by atoms with Crippen molar-refractivity contribution in [2.45, 2.75) is 40.2 Å². The van der Waals surface area contributed by atoms with Gasteiger partial charge in [0.05, 0.1) is 12.1 Å². The van der Waals surface area contributed by atoms with Gasteiger partial charge in [0.2, 0.25) is 5.78 Å². The summed E-state index contributed by atoms with van der Waals surface area (Å²) >= 11 is 0. The minimum absolute atomic E-state index is 0.0483. The molecule has 0 radical (unpaired) electrons. The molecule has 0 aliphatic carbocycles. The molecule has 1 aromatic carbocycles. The Morgan fingerprint density at radius 1 is 1.18 bits per heavy atom. The van der Waals surface area contributed by atoms with Crippen LogP contribution in [0.4, 0.5) is 0 Å². The summed E-state index contributed by atoms with van der Waals surface area (Å²) in [7, 11) is 0. The standard InChI is InChI=1S/C17H19NO4/c1-10-5-7-14(8-6-10)17(20)13(4)21-16(19)9-15-11(2)18-22-12(15)3/h5-8,13H,9H2,1-4H3. The minimum Gasteiger partial charge on any atom is -0.454 e. The molecule has 0 aliphatic heterocycles. The number of ketones is 1. The lowest BCUT2D eigenvalue weighted by molar-refractivity contribution is -0.145. The molecule has 116 valence electrons. The van der Waals surface area contributed by atoms with Crippen LogP contribution in [0.5, 0.6) is 0 Å². The van der Waals surface area contributed by atoms with E-state index in [0.29, 0.717) is 22.6 Å². The number of nitrogens with zero attached hydrogens (tertiary/aromatic N) is 1. The van der Waals surface area contributed by atoms with Gasteiger partial charge in [-0.05, 0) is 27.7 Å². The first-order valence-electron chi connectivity index (χ1n) is 7.10. The van der Waals surface area contributed by atoms with E-state index in [9.17, 15) is 9.59 Å². The Hall–Kier alpha value is -2.43.